The minimum atomic E-state index is -0.863. The van der Waals surface area contributed by atoms with Gasteiger partial charge in [-0.05, 0) is 37.8 Å². The second kappa shape index (κ2) is 4.04. The number of aromatic nitrogens is 1. The van der Waals surface area contributed by atoms with E-state index in [1.807, 2.05) is 13.0 Å². The van der Waals surface area contributed by atoms with Crippen LogP contribution >= 0.6 is 0 Å². The third kappa shape index (κ3) is 1.55. The number of aryl methyl sites for hydroxylation is 1. The monoisotopic (exact) mass is 244 g/mol. The number of rotatable bonds is 2. The van der Waals surface area contributed by atoms with Crippen molar-refractivity contribution in [2.75, 3.05) is 0 Å². The van der Waals surface area contributed by atoms with Gasteiger partial charge in [0, 0.05) is 6.20 Å². The van der Waals surface area contributed by atoms with Gasteiger partial charge >= 0.3 is 0 Å². The Bertz CT molecular complexity index is 494. The van der Waals surface area contributed by atoms with E-state index < -0.39 is 11.5 Å². The van der Waals surface area contributed by atoms with Gasteiger partial charge < -0.3 is 9.84 Å². The summed E-state index contributed by atoms with van der Waals surface area (Å²) in [6, 6.07) is 6.01. The van der Waals surface area contributed by atoms with Crippen LogP contribution in [0, 0.1) is 23.7 Å². The molecule has 0 spiro atoms. The van der Waals surface area contributed by atoms with Crippen molar-refractivity contribution >= 4 is 0 Å². The van der Waals surface area contributed by atoms with Crippen LogP contribution in [0.5, 0.6) is 0 Å². The highest BCUT2D eigenvalue weighted by Crippen LogP contribution is 2.53. The second-order valence-electron chi connectivity index (χ2n) is 5.34. The molecule has 1 aromatic heterocycles. The molecule has 4 atom stereocenters. The Balaban J connectivity index is 1.93. The molecule has 1 aromatic rings. The molecule has 2 aliphatic rings. The van der Waals surface area contributed by atoms with E-state index in [0.717, 1.165) is 18.4 Å². The van der Waals surface area contributed by atoms with E-state index in [0.29, 0.717) is 12.1 Å². The van der Waals surface area contributed by atoms with E-state index in [2.05, 4.69) is 11.1 Å². The number of hydrogen-bond donors (Lipinski definition) is 1. The molecule has 1 N–H and O–H groups in total. The van der Waals surface area contributed by atoms with Crippen molar-refractivity contribution in [2.24, 2.45) is 5.41 Å². The van der Waals surface area contributed by atoms with Gasteiger partial charge in [-0.3, -0.25) is 4.98 Å². The Morgan fingerprint density at radius 2 is 2.39 bits per heavy atom. The Labute approximate surface area is 106 Å². The first-order chi connectivity index (χ1) is 8.65. The van der Waals surface area contributed by atoms with Gasteiger partial charge in [-0.15, -0.1) is 0 Å². The van der Waals surface area contributed by atoms with Crippen LogP contribution in [-0.2, 0) is 4.74 Å². The van der Waals surface area contributed by atoms with Gasteiger partial charge in [0.1, 0.15) is 11.5 Å². The van der Waals surface area contributed by atoms with Crippen LogP contribution in [0.1, 0.15) is 36.6 Å². The highest BCUT2D eigenvalue weighted by Gasteiger charge is 2.57. The molecule has 4 nitrogen and oxygen atoms in total. The molecule has 94 valence electrons. The summed E-state index contributed by atoms with van der Waals surface area (Å²) in [6.45, 7) is 1.95. The number of nitriles is 1. The molecule has 18 heavy (non-hydrogen) atoms. The lowest BCUT2D eigenvalue weighted by molar-refractivity contribution is 0.00123. The molecule has 0 amide bonds. The first-order valence-electron chi connectivity index (χ1n) is 6.33. The molecule has 0 aliphatic carbocycles. The molecule has 3 heterocycles. The van der Waals surface area contributed by atoms with E-state index in [-0.39, 0.29) is 12.2 Å². The summed E-state index contributed by atoms with van der Waals surface area (Å²) in [4.78, 5) is 4.24. The van der Waals surface area contributed by atoms with Crippen LogP contribution in [-0.4, -0.2) is 22.3 Å². The van der Waals surface area contributed by atoms with E-state index >= 15 is 0 Å². The van der Waals surface area contributed by atoms with Gasteiger partial charge in [-0.1, -0.05) is 6.07 Å². The fraction of sp³-hybridized carbons (Fsp3) is 0.571. The maximum absolute atomic E-state index is 10.5. The Hall–Kier alpha value is -1.44. The average molecular weight is 244 g/mol. The Morgan fingerprint density at radius 1 is 1.56 bits per heavy atom. The number of ether oxygens (including phenoxy) is 1. The summed E-state index contributed by atoms with van der Waals surface area (Å²) in [5.41, 5.74) is 0.796. The molecule has 0 saturated carbocycles. The maximum atomic E-state index is 10.5. The Morgan fingerprint density at radius 3 is 2.89 bits per heavy atom. The van der Waals surface area contributed by atoms with Crippen molar-refractivity contribution < 1.29 is 9.84 Å². The van der Waals surface area contributed by atoms with Gasteiger partial charge in [0.05, 0.1) is 24.0 Å². The first-order valence-corrected chi connectivity index (χ1v) is 6.33. The lowest BCUT2D eigenvalue weighted by Crippen LogP contribution is -2.37. The van der Waals surface area contributed by atoms with E-state index in [1.54, 1.807) is 12.3 Å². The van der Waals surface area contributed by atoms with Crippen molar-refractivity contribution in [1.82, 2.24) is 4.98 Å². The highest BCUT2D eigenvalue weighted by molar-refractivity contribution is 5.23. The average Bonchev–Trinajstić information content (AvgIpc) is 2.99. The molecular weight excluding hydrogens is 228 g/mol. The van der Waals surface area contributed by atoms with Gasteiger partial charge in [0.2, 0.25) is 0 Å². The first kappa shape index (κ1) is 11.6. The van der Waals surface area contributed by atoms with Crippen LogP contribution < -0.4 is 0 Å². The Kier molecular flexibility index (Phi) is 2.61. The number of fused-ring (bicyclic) bond motifs is 2. The van der Waals surface area contributed by atoms with Gasteiger partial charge in [0.25, 0.3) is 0 Å². The molecule has 2 bridgehead atoms. The molecule has 4 unspecified atom stereocenters. The molecule has 2 aliphatic heterocycles. The topological polar surface area (TPSA) is 66.1 Å². The molecule has 4 heteroatoms. The summed E-state index contributed by atoms with van der Waals surface area (Å²) in [7, 11) is 0. The number of nitrogens with zero attached hydrogens (tertiary/aromatic N) is 2. The van der Waals surface area contributed by atoms with Crippen LogP contribution in [0.15, 0.2) is 18.3 Å². The maximum Gasteiger partial charge on any atom is 0.117 e. The highest BCUT2D eigenvalue weighted by atomic mass is 16.5. The number of aliphatic hydroxyl groups is 1. The summed E-state index contributed by atoms with van der Waals surface area (Å²) in [6.07, 6.45) is 3.32. The molecule has 2 fully saturated rings. The van der Waals surface area contributed by atoms with Crippen LogP contribution in [0.2, 0.25) is 0 Å². The van der Waals surface area contributed by atoms with Crippen molar-refractivity contribution in [3.63, 3.8) is 0 Å². The number of hydrogen-bond acceptors (Lipinski definition) is 4. The lowest BCUT2D eigenvalue weighted by Gasteiger charge is -2.32. The summed E-state index contributed by atoms with van der Waals surface area (Å²) < 4.78 is 5.74. The fourth-order valence-corrected chi connectivity index (χ4v) is 3.11. The zero-order valence-electron chi connectivity index (χ0n) is 10.3. The van der Waals surface area contributed by atoms with Crippen LogP contribution in [0.25, 0.3) is 0 Å². The molecule has 0 aromatic carbocycles. The van der Waals surface area contributed by atoms with E-state index in [9.17, 15) is 10.4 Å². The zero-order chi connectivity index (χ0) is 12.8. The third-order valence-corrected chi connectivity index (χ3v) is 4.16. The van der Waals surface area contributed by atoms with E-state index in [4.69, 9.17) is 4.74 Å². The lowest BCUT2D eigenvalue weighted by atomic mass is 9.70. The van der Waals surface area contributed by atoms with Crippen molar-refractivity contribution in [1.29, 1.82) is 5.26 Å². The van der Waals surface area contributed by atoms with Crippen LogP contribution in [0.3, 0.4) is 0 Å². The standard InChI is InChI=1S/C14H16N2O2/c1-9-2-4-11(16-7-9)13(17)14(8-15)6-10-3-5-12(14)18-10/h2,4,7,10,12-13,17H,3,5-6H2,1H3. The molecule has 0 radical (unpaired) electrons. The van der Waals surface area contributed by atoms with Gasteiger partial charge in [-0.25, -0.2) is 0 Å². The van der Waals surface area contributed by atoms with Crippen molar-refractivity contribution in [2.45, 2.75) is 44.5 Å². The zero-order valence-corrected chi connectivity index (χ0v) is 10.3. The van der Waals surface area contributed by atoms with E-state index in [1.165, 1.54) is 0 Å². The third-order valence-electron chi connectivity index (χ3n) is 4.16. The summed E-state index contributed by atoms with van der Waals surface area (Å²) >= 11 is 0. The van der Waals surface area contributed by atoms with Gasteiger partial charge in [0.15, 0.2) is 0 Å². The smallest absolute Gasteiger partial charge is 0.117 e. The minimum Gasteiger partial charge on any atom is -0.385 e. The fourth-order valence-electron chi connectivity index (χ4n) is 3.11. The number of pyridine rings is 1. The molecular formula is C14H16N2O2. The predicted molar refractivity (Wildman–Crippen MR) is 64.5 cm³/mol. The molecule has 3 rings (SSSR count). The quantitative estimate of drug-likeness (QED) is 0.862. The minimum absolute atomic E-state index is 0.134. The summed E-state index contributed by atoms with van der Waals surface area (Å²) in [5, 5.41) is 20.0. The summed E-state index contributed by atoms with van der Waals surface area (Å²) in [5.74, 6) is 0. The van der Waals surface area contributed by atoms with Crippen LogP contribution in [0.4, 0.5) is 0 Å². The molecule has 2 saturated heterocycles. The number of aliphatic hydroxyl groups excluding tert-OH is 1. The van der Waals surface area contributed by atoms with Crippen molar-refractivity contribution in [3.8, 4) is 6.07 Å². The van der Waals surface area contributed by atoms with Crippen molar-refractivity contribution in [3.05, 3.63) is 29.6 Å². The second-order valence-corrected chi connectivity index (χ2v) is 5.34. The SMILES string of the molecule is Cc1ccc(C(O)C2(C#N)CC3CCC2O3)nc1. The normalized spacial score (nSPS) is 35.4. The van der Waals surface area contributed by atoms with Gasteiger partial charge in [-0.2, -0.15) is 5.26 Å². The largest absolute Gasteiger partial charge is 0.385 e. The predicted octanol–water partition coefficient (Wildman–Crippen LogP) is 1.88.